The fourth-order valence-electron chi connectivity index (χ4n) is 1.98. The Labute approximate surface area is 107 Å². The lowest BCUT2D eigenvalue weighted by atomic mass is 10.2. The van der Waals surface area contributed by atoms with Crippen molar-refractivity contribution in [3.8, 4) is 0 Å². The summed E-state index contributed by atoms with van der Waals surface area (Å²) >= 11 is 0. The van der Waals surface area contributed by atoms with Crippen LogP contribution in [0.25, 0.3) is 0 Å². The summed E-state index contributed by atoms with van der Waals surface area (Å²) in [5, 5.41) is 12.8. The van der Waals surface area contributed by atoms with Crippen LogP contribution in [-0.4, -0.2) is 21.3 Å². The standard InChI is InChI=1S/C14H19N3O/c1-2-17-11-15-9-14(17)13(10-18)16-8-12-6-4-3-5-7-12/h3-7,9,11,13,16,18H,2,8,10H2,1H3. The predicted molar refractivity (Wildman–Crippen MR) is 71.0 cm³/mol. The summed E-state index contributed by atoms with van der Waals surface area (Å²) in [5.74, 6) is 0. The van der Waals surface area contributed by atoms with Crippen molar-refractivity contribution < 1.29 is 5.11 Å². The number of nitrogens with one attached hydrogen (secondary N) is 1. The average Bonchev–Trinajstić information content (AvgIpc) is 2.89. The fourth-order valence-corrected chi connectivity index (χ4v) is 1.98. The molecule has 0 fully saturated rings. The van der Waals surface area contributed by atoms with E-state index in [1.807, 2.05) is 29.0 Å². The molecule has 2 rings (SSSR count). The Morgan fingerprint density at radius 3 is 2.78 bits per heavy atom. The summed E-state index contributed by atoms with van der Waals surface area (Å²) in [7, 11) is 0. The van der Waals surface area contributed by atoms with Crippen LogP contribution in [0, 0.1) is 0 Å². The third kappa shape index (κ3) is 2.97. The third-order valence-corrected chi connectivity index (χ3v) is 3.02. The Balaban J connectivity index is 2.02. The molecule has 18 heavy (non-hydrogen) atoms. The first-order valence-corrected chi connectivity index (χ1v) is 6.23. The van der Waals surface area contributed by atoms with Crippen LogP contribution in [0.5, 0.6) is 0 Å². The number of hydrogen-bond donors (Lipinski definition) is 2. The second-order valence-corrected chi connectivity index (χ2v) is 4.21. The highest BCUT2D eigenvalue weighted by atomic mass is 16.3. The van der Waals surface area contributed by atoms with Crippen LogP contribution < -0.4 is 5.32 Å². The summed E-state index contributed by atoms with van der Waals surface area (Å²) in [6.45, 7) is 3.73. The van der Waals surface area contributed by atoms with Gasteiger partial charge in [-0.3, -0.25) is 0 Å². The smallest absolute Gasteiger partial charge is 0.0948 e. The van der Waals surface area contributed by atoms with E-state index in [-0.39, 0.29) is 12.6 Å². The Kier molecular flexibility index (Phi) is 4.50. The second kappa shape index (κ2) is 6.33. The van der Waals surface area contributed by atoms with Crippen LogP contribution in [-0.2, 0) is 13.1 Å². The summed E-state index contributed by atoms with van der Waals surface area (Å²) in [6.07, 6.45) is 3.60. The van der Waals surface area contributed by atoms with E-state index in [0.29, 0.717) is 0 Å². The van der Waals surface area contributed by atoms with Crippen molar-refractivity contribution in [2.24, 2.45) is 0 Å². The molecule has 0 bridgehead atoms. The lowest BCUT2D eigenvalue weighted by Gasteiger charge is -2.17. The number of aryl methyl sites for hydroxylation is 1. The molecule has 1 aromatic heterocycles. The predicted octanol–water partition coefficient (Wildman–Crippen LogP) is 1.73. The van der Waals surface area contributed by atoms with E-state index in [1.54, 1.807) is 6.33 Å². The Bertz CT molecular complexity index is 467. The highest BCUT2D eigenvalue weighted by Crippen LogP contribution is 2.13. The van der Waals surface area contributed by atoms with Crippen molar-refractivity contribution in [3.05, 3.63) is 54.1 Å². The van der Waals surface area contributed by atoms with Crippen LogP contribution in [0.4, 0.5) is 0 Å². The van der Waals surface area contributed by atoms with E-state index in [9.17, 15) is 5.11 Å². The molecule has 0 spiro atoms. The SMILES string of the molecule is CCn1cncc1C(CO)NCc1ccccc1. The number of aliphatic hydroxyl groups excluding tert-OH is 1. The molecule has 1 atom stereocenters. The van der Waals surface area contributed by atoms with Gasteiger partial charge < -0.3 is 15.0 Å². The minimum Gasteiger partial charge on any atom is -0.394 e. The molecule has 0 aliphatic carbocycles. The number of benzene rings is 1. The highest BCUT2D eigenvalue weighted by molar-refractivity contribution is 5.15. The maximum atomic E-state index is 9.49. The summed E-state index contributed by atoms with van der Waals surface area (Å²) in [5.41, 5.74) is 2.23. The van der Waals surface area contributed by atoms with Crippen molar-refractivity contribution >= 4 is 0 Å². The number of aromatic nitrogens is 2. The zero-order valence-electron chi connectivity index (χ0n) is 10.6. The average molecular weight is 245 g/mol. The van der Waals surface area contributed by atoms with Gasteiger partial charge in [-0.2, -0.15) is 0 Å². The fraction of sp³-hybridized carbons (Fsp3) is 0.357. The van der Waals surface area contributed by atoms with E-state index >= 15 is 0 Å². The monoisotopic (exact) mass is 245 g/mol. The first-order chi connectivity index (χ1) is 8.85. The van der Waals surface area contributed by atoms with Gasteiger partial charge in [0.25, 0.3) is 0 Å². The lowest BCUT2D eigenvalue weighted by Crippen LogP contribution is -2.26. The van der Waals surface area contributed by atoms with Crippen molar-refractivity contribution in [2.45, 2.75) is 26.1 Å². The van der Waals surface area contributed by atoms with Crippen LogP contribution in [0.1, 0.15) is 24.2 Å². The van der Waals surface area contributed by atoms with E-state index < -0.39 is 0 Å². The molecule has 0 aliphatic rings. The molecule has 4 nitrogen and oxygen atoms in total. The first-order valence-electron chi connectivity index (χ1n) is 6.23. The van der Waals surface area contributed by atoms with Gasteiger partial charge in [-0.05, 0) is 12.5 Å². The number of hydrogen-bond acceptors (Lipinski definition) is 3. The molecule has 2 aromatic rings. The van der Waals surface area contributed by atoms with Gasteiger partial charge in [0.15, 0.2) is 0 Å². The first kappa shape index (κ1) is 12.8. The molecule has 0 radical (unpaired) electrons. The van der Waals surface area contributed by atoms with Gasteiger partial charge in [-0.15, -0.1) is 0 Å². The molecule has 0 saturated carbocycles. The summed E-state index contributed by atoms with van der Waals surface area (Å²) in [4.78, 5) is 4.13. The number of aliphatic hydroxyl groups is 1. The van der Waals surface area contributed by atoms with Crippen LogP contribution in [0.2, 0.25) is 0 Å². The lowest BCUT2D eigenvalue weighted by molar-refractivity contribution is 0.238. The van der Waals surface area contributed by atoms with Gasteiger partial charge >= 0.3 is 0 Å². The third-order valence-electron chi connectivity index (χ3n) is 3.02. The molecule has 96 valence electrons. The molecule has 1 aromatic carbocycles. The van der Waals surface area contributed by atoms with Crippen LogP contribution in [0.3, 0.4) is 0 Å². The normalized spacial score (nSPS) is 12.6. The quantitative estimate of drug-likeness (QED) is 0.815. The minimum absolute atomic E-state index is 0.0680. The van der Waals surface area contributed by atoms with E-state index in [1.165, 1.54) is 5.56 Å². The zero-order chi connectivity index (χ0) is 12.8. The van der Waals surface area contributed by atoms with Gasteiger partial charge in [0.2, 0.25) is 0 Å². The minimum atomic E-state index is -0.0762. The molecular formula is C14H19N3O. The van der Waals surface area contributed by atoms with Crippen LogP contribution >= 0.6 is 0 Å². The van der Waals surface area contributed by atoms with Crippen molar-refractivity contribution in [2.75, 3.05) is 6.61 Å². The van der Waals surface area contributed by atoms with E-state index in [2.05, 4.69) is 29.4 Å². The molecule has 4 heteroatoms. The van der Waals surface area contributed by atoms with Gasteiger partial charge in [0.1, 0.15) is 0 Å². The number of rotatable bonds is 6. The summed E-state index contributed by atoms with van der Waals surface area (Å²) in [6, 6.07) is 10.1. The topological polar surface area (TPSA) is 50.1 Å². The van der Waals surface area contributed by atoms with E-state index in [0.717, 1.165) is 18.8 Å². The van der Waals surface area contributed by atoms with Gasteiger partial charge in [-0.25, -0.2) is 4.98 Å². The molecular weight excluding hydrogens is 226 g/mol. The second-order valence-electron chi connectivity index (χ2n) is 4.21. The Hall–Kier alpha value is -1.65. The largest absolute Gasteiger partial charge is 0.394 e. The molecule has 0 amide bonds. The highest BCUT2D eigenvalue weighted by Gasteiger charge is 2.13. The van der Waals surface area contributed by atoms with Gasteiger partial charge in [0, 0.05) is 19.3 Å². The maximum Gasteiger partial charge on any atom is 0.0948 e. The maximum absolute atomic E-state index is 9.49. The zero-order valence-corrected chi connectivity index (χ0v) is 10.6. The van der Waals surface area contributed by atoms with Gasteiger partial charge in [-0.1, -0.05) is 30.3 Å². The summed E-state index contributed by atoms with van der Waals surface area (Å²) < 4.78 is 2.04. The molecule has 1 heterocycles. The number of imidazole rings is 1. The number of nitrogens with zero attached hydrogens (tertiary/aromatic N) is 2. The Morgan fingerprint density at radius 2 is 2.11 bits per heavy atom. The van der Waals surface area contributed by atoms with Crippen molar-refractivity contribution in [1.82, 2.24) is 14.9 Å². The van der Waals surface area contributed by atoms with Crippen LogP contribution in [0.15, 0.2) is 42.9 Å². The molecule has 0 aliphatic heterocycles. The Morgan fingerprint density at radius 1 is 1.33 bits per heavy atom. The molecule has 1 unspecified atom stereocenters. The van der Waals surface area contributed by atoms with Crippen molar-refractivity contribution in [3.63, 3.8) is 0 Å². The van der Waals surface area contributed by atoms with E-state index in [4.69, 9.17) is 0 Å². The van der Waals surface area contributed by atoms with Crippen molar-refractivity contribution in [1.29, 1.82) is 0 Å². The van der Waals surface area contributed by atoms with Gasteiger partial charge in [0.05, 0.1) is 24.7 Å². The molecule has 2 N–H and O–H groups in total. The molecule has 0 saturated heterocycles.